The maximum Gasteiger partial charge on any atom is 0.147 e. The maximum atomic E-state index is 5.49. The molecule has 0 N–H and O–H groups in total. The summed E-state index contributed by atoms with van der Waals surface area (Å²) in [6.45, 7) is 23.0. The second-order valence-electron chi connectivity index (χ2n) is 7.12. The molecule has 0 spiro atoms. The van der Waals surface area contributed by atoms with Crippen LogP contribution in [0.5, 0.6) is 0 Å². The first-order chi connectivity index (χ1) is 8.83. The average Bonchev–Trinajstić information content (AvgIpc) is 2.18. The first-order valence-corrected chi connectivity index (χ1v) is 6.83. The Kier molecular flexibility index (Phi) is 7.11. The summed E-state index contributed by atoms with van der Waals surface area (Å²) in [5.74, 6) is 0. The van der Waals surface area contributed by atoms with Crippen LogP contribution >= 0.6 is 0 Å². The topological polar surface area (TPSA) is 36.9 Å². The number of rotatable bonds is 7. The van der Waals surface area contributed by atoms with E-state index in [2.05, 4.69) is 13.2 Å². The molecule has 4 nitrogen and oxygen atoms in total. The molecule has 4 heteroatoms. The summed E-state index contributed by atoms with van der Waals surface area (Å²) in [5, 5.41) is 0. The molecule has 0 saturated heterocycles. The van der Waals surface area contributed by atoms with E-state index < -0.39 is 23.4 Å². The van der Waals surface area contributed by atoms with Gasteiger partial charge in [0.05, 0.1) is 11.2 Å². The highest BCUT2D eigenvalue weighted by atomic mass is 17.2. The zero-order chi connectivity index (χ0) is 16.1. The van der Waals surface area contributed by atoms with E-state index in [4.69, 9.17) is 19.6 Å². The van der Waals surface area contributed by atoms with Gasteiger partial charge in [-0.3, -0.25) is 0 Å². The Labute approximate surface area is 123 Å². The van der Waals surface area contributed by atoms with Crippen LogP contribution in [0.15, 0.2) is 24.3 Å². The fraction of sp³-hybridized carbons (Fsp3) is 0.750. The van der Waals surface area contributed by atoms with E-state index in [9.17, 15) is 0 Å². The third-order valence-corrected chi connectivity index (χ3v) is 2.05. The minimum atomic E-state index is -0.478. The lowest BCUT2D eigenvalue weighted by molar-refractivity contribution is -0.419. The first-order valence-electron chi connectivity index (χ1n) is 6.83. The molecule has 2 atom stereocenters. The van der Waals surface area contributed by atoms with Gasteiger partial charge in [0.25, 0.3) is 0 Å². The van der Waals surface area contributed by atoms with E-state index in [1.54, 1.807) is 0 Å². The van der Waals surface area contributed by atoms with Crippen molar-refractivity contribution in [2.45, 2.75) is 78.8 Å². The van der Waals surface area contributed by atoms with E-state index in [0.717, 1.165) is 11.1 Å². The van der Waals surface area contributed by atoms with E-state index in [0.29, 0.717) is 0 Å². The van der Waals surface area contributed by atoms with Gasteiger partial charge in [0, 0.05) is 0 Å². The molecule has 0 fully saturated rings. The highest BCUT2D eigenvalue weighted by Gasteiger charge is 2.30. The van der Waals surface area contributed by atoms with Crippen LogP contribution < -0.4 is 0 Å². The van der Waals surface area contributed by atoms with Crippen LogP contribution in [0.25, 0.3) is 0 Å². The van der Waals surface area contributed by atoms with Crippen molar-refractivity contribution in [3.63, 3.8) is 0 Å². The predicted molar refractivity (Wildman–Crippen MR) is 81.1 cm³/mol. The molecule has 0 radical (unpaired) electrons. The summed E-state index contributed by atoms with van der Waals surface area (Å²) in [6.07, 6.45) is -0.955. The molecule has 2 unspecified atom stereocenters. The molecule has 0 bridgehead atoms. The third-order valence-electron chi connectivity index (χ3n) is 2.05. The van der Waals surface area contributed by atoms with Gasteiger partial charge in [-0.2, -0.15) is 0 Å². The zero-order valence-electron chi connectivity index (χ0n) is 14.2. The standard InChI is InChI=1S/C16H30O4/c1-11(2)13(17-19-15(5,6)7)14(12(3)4)18-20-16(8,9)10/h13-14H,1,3H2,2,4-10H3. The van der Waals surface area contributed by atoms with Gasteiger partial charge >= 0.3 is 0 Å². The van der Waals surface area contributed by atoms with E-state index >= 15 is 0 Å². The Morgan fingerprint density at radius 1 is 0.700 bits per heavy atom. The van der Waals surface area contributed by atoms with Crippen LogP contribution in [0.1, 0.15) is 55.4 Å². The lowest BCUT2D eigenvalue weighted by Crippen LogP contribution is -2.37. The molecular weight excluding hydrogens is 256 g/mol. The van der Waals surface area contributed by atoms with Crippen LogP contribution in [0.4, 0.5) is 0 Å². The van der Waals surface area contributed by atoms with Gasteiger partial charge in [-0.05, 0) is 66.5 Å². The van der Waals surface area contributed by atoms with Crippen LogP contribution in [0, 0.1) is 0 Å². The Hall–Kier alpha value is -0.680. The van der Waals surface area contributed by atoms with Crippen LogP contribution in [0.3, 0.4) is 0 Å². The van der Waals surface area contributed by atoms with Crippen LogP contribution in [-0.4, -0.2) is 23.4 Å². The fourth-order valence-electron chi connectivity index (χ4n) is 1.17. The van der Waals surface area contributed by atoms with Gasteiger partial charge in [0.1, 0.15) is 12.2 Å². The van der Waals surface area contributed by atoms with Crippen molar-refractivity contribution in [3.8, 4) is 0 Å². The lowest BCUT2D eigenvalue weighted by Gasteiger charge is -2.30. The zero-order valence-corrected chi connectivity index (χ0v) is 14.2. The molecule has 0 rings (SSSR count). The SMILES string of the molecule is C=C(C)C(OOC(C)(C)C)C(OOC(C)(C)C)C(=C)C. The summed E-state index contributed by atoms with van der Waals surface area (Å²) in [6, 6.07) is 0. The molecule has 0 aromatic carbocycles. The van der Waals surface area contributed by atoms with Crippen molar-refractivity contribution < 1.29 is 19.6 Å². The summed E-state index contributed by atoms with van der Waals surface area (Å²) >= 11 is 0. The number of hydrogen-bond donors (Lipinski definition) is 0. The molecule has 0 aliphatic rings. The quantitative estimate of drug-likeness (QED) is 0.395. The maximum absolute atomic E-state index is 5.49. The molecule has 20 heavy (non-hydrogen) atoms. The van der Waals surface area contributed by atoms with Crippen molar-refractivity contribution in [2.24, 2.45) is 0 Å². The highest BCUT2D eigenvalue weighted by molar-refractivity contribution is 5.12. The highest BCUT2D eigenvalue weighted by Crippen LogP contribution is 2.23. The second-order valence-corrected chi connectivity index (χ2v) is 7.12. The van der Waals surface area contributed by atoms with Crippen molar-refractivity contribution in [2.75, 3.05) is 0 Å². The van der Waals surface area contributed by atoms with Gasteiger partial charge in [0.15, 0.2) is 0 Å². The molecule has 0 saturated carbocycles. The summed E-state index contributed by atoms with van der Waals surface area (Å²) < 4.78 is 0. The Bertz CT molecular complexity index is 299. The second kappa shape index (κ2) is 7.36. The molecule has 0 amide bonds. The van der Waals surface area contributed by atoms with E-state index in [-0.39, 0.29) is 0 Å². The number of hydrogen-bond acceptors (Lipinski definition) is 4. The summed E-state index contributed by atoms with van der Waals surface area (Å²) in [5.41, 5.74) is 0.718. The van der Waals surface area contributed by atoms with E-state index in [1.807, 2.05) is 55.4 Å². The van der Waals surface area contributed by atoms with Crippen molar-refractivity contribution in [1.29, 1.82) is 0 Å². The minimum Gasteiger partial charge on any atom is -0.230 e. The lowest BCUT2D eigenvalue weighted by atomic mass is 10.0. The molecular formula is C16H30O4. The van der Waals surface area contributed by atoms with Gasteiger partial charge < -0.3 is 0 Å². The molecule has 0 aliphatic heterocycles. The van der Waals surface area contributed by atoms with Crippen LogP contribution in [0.2, 0.25) is 0 Å². The first kappa shape index (κ1) is 19.3. The summed E-state index contributed by atoms with van der Waals surface area (Å²) in [4.78, 5) is 21.7. The Morgan fingerprint density at radius 2 is 0.950 bits per heavy atom. The monoisotopic (exact) mass is 286 g/mol. The predicted octanol–water partition coefficient (Wildman–Crippen LogP) is 4.37. The van der Waals surface area contributed by atoms with Gasteiger partial charge in [0.2, 0.25) is 0 Å². The van der Waals surface area contributed by atoms with E-state index in [1.165, 1.54) is 0 Å². The van der Waals surface area contributed by atoms with Gasteiger partial charge in [-0.15, -0.1) is 0 Å². The molecule has 0 heterocycles. The smallest absolute Gasteiger partial charge is 0.147 e. The van der Waals surface area contributed by atoms with Crippen LogP contribution in [-0.2, 0) is 19.6 Å². The fourth-order valence-corrected chi connectivity index (χ4v) is 1.17. The Balaban J connectivity index is 4.88. The Morgan fingerprint density at radius 3 is 1.10 bits per heavy atom. The average molecular weight is 286 g/mol. The minimum absolute atomic E-state index is 0.418. The normalized spacial score (nSPS) is 15.8. The summed E-state index contributed by atoms with van der Waals surface area (Å²) in [7, 11) is 0. The largest absolute Gasteiger partial charge is 0.230 e. The molecule has 0 aliphatic carbocycles. The molecule has 118 valence electrons. The molecule has 0 aromatic heterocycles. The van der Waals surface area contributed by atoms with Crippen molar-refractivity contribution in [1.82, 2.24) is 0 Å². The van der Waals surface area contributed by atoms with Gasteiger partial charge in [-0.1, -0.05) is 13.2 Å². The third kappa shape index (κ3) is 8.48. The van der Waals surface area contributed by atoms with Crippen molar-refractivity contribution in [3.05, 3.63) is 24.3 Å². The van der Waals surface area contributed by atoms with Gasteiger partial charge in [-0.25, -0.2) is 19.6 Å². The molecule has 0 aromatic rings. The van der Waals surface area contributed by atoms with Crippen molar-refractivity contribution >= 4 is 0 Å².